The van der Waals surface area contributed by atoms with Crippen LogP contribution < -0.4 is 4.74 Å². The second-order valence-electron chi connectivity index (χ2n) is 2.65. The summed E-state index contributed by atoms with van der Waals surface area (Å²) in [4.78, 5) is 0. The lowest BCUT2D eigenvalue weighted by Gasteiger charge is -2.00. The zero-order valence-corrected chi connectivity index (χ0v) is 6.66. The molecule has 0 unspecified atom stereocenters. The van der Waals surface area contributed by atoms with E-state index >= 15 is 0 Å². The summed E-state index contributed by atoms with van der Waals surface area (Å²) in [5.41, 5.74) is 0. The molecule has 0 spiro atoms. The number of benzene rings is 2. The highest BCUT2D eigenvalue weighted by Gasteiger charge is 1.93. The molecule has 0 fully saturated rings. The molecule has 59 valence electrons. The summed E-state index contributed by atoms with van der Waals surface area (Å²) in [6.45, 7) is 0. The average molecular weight is 157 g/mol. The van der Waals surface area contributed by atoms with Crippen LogP contribution in [0.25, 0.3) is 10.8 Å². The molecule has 0 aliphatic carbocycles. The molecule has 2 aromatic rings. The summed E-state index contributed by atoms with van der Waals surface area (Å²) in [5, 5.41) is 2.40. The number of hydrogen-bond acceptors (Lipinski definition) is 1. The van der Waals surface area contributed by atoms with E-state index in [0.29, 0.717) is 0 Å². The highest BCUT2D eigenvalue weighted by molar-refractivity contribution is 5.83. The Balaban J connectivity index is 2.67. The smallest absolute Gasteiger partial charge is 0.122 e. The third-order valence-corrected chi connectivity index (χ3v) is 1.89. The third kappa shape index (κ3) is 1.14. The van der Waals surface area contributed by atoms with Crippen molar-refractivity contribution in [3.8, 4) is 5.75 Å². The van der Waals surface area contributed by atoms with Crippen LogP contribution in [0.5, 0.6) is 5.75 Å². The van der Waals surface area contributed by atoms with Crippen molar-refractivity contribution in [2.24, 2.45) is 0 Å². The van der Waals surface area contributed by atoms with Crippen LogP contribution in [0.4, 0.5) is 0 Å². The standard InChI is InChI=1S/C11H9O/c1-12-11-7-6-9-4-2-3-5-10(9)8-11/h2-8H,1H2. The first-order valence-corrected chi connectivity index (χ1v) is 3.81. The Hall–Kier alpha value is -1.50. The quantitative estimate of drug-likeness (QED) is 0.618. The molecule has 0 atom stereocenters. The van der Waals surface area contributed by atoms with Gasteiger partial charge >= 0.3 is 0 Å². The van der Waals surface area contributed by atoms with E-state index in [-0.39, 0.29) is 0 Å². The Morgan fingerprint density at radius 1 is 0.917 bits per heavy atom. The maximum atomic E-state index is 4.87. The summed E-state index contributed by atoms with van der Waals surface area (Å²) in [7, 11) is 3.36. The molecule has 0 aliphatic rings. The van der Waals surface area contributed by atoms with Crippen LogP contribution in [0, 0.1) is 7.11 Å². The van der Waals surface area contributed by atoms with E-state index in [2.05, 4.69) is 19.2 Å². The van der Waals surface area contributed by atoms with Crippen LogP contribution in [0.2, 0.25) is 0 Å². The minimum atomic E-state index is 0.800. The predicted octanol–water partition coefficient (Wildman–Crippen LogP) is 3.01. The van der Waals surface area contributed by atoms with Gasteiger partial charge in [0.2, 0.25) is 0 Å². The van der Waals surface area contributed by atoms with Crippen molar-refractivity contribution in [1.29, 1.82) is 0 Å². The molecular formula is C11H9O. The van der Waals surface area contributed by atoms with Gasteiger partial charge in [-0.15, -0.1) is 0 Å². The summed E-state index contributed by atoms with van der Waals surface area (Å²) < 4.78 is 4.87. The lowest BCUT2D eigenvalue weighted by molar-refractivity contribution is 0.474. The van der Waals surface area contributed by atoms with Gasteiger partial charge in [-0.2, -0.15) is 0 Å². The van der Waals surface area contributed by atoms with Gasteiger partial charge in [0.05, 0.1) is 0 Å². The van der Waals surface area contributed by atoms with E-state index in [4.69, 9.17) is 4.74 Å². The van der Waals surface area contributed by atoms with Gasteiger partial charge in [-0.3, -0.25) is 0 Å². The molecule has 1 radical (unpaired) electrons. The van der Waals surface area contributed by atoms with Crippen LogP contribution in [-0.4, -0.2) is 0 Å². The van der Waals surface area contributed by atoms with Crippen molar-refractivity contribution in [2.75, 3.05) is 0 Å². The number of ether oxygens (including phenoxy) is 1. The fourth-order valence-corrected chi connectivity index (χ4v) is 1.26. The fourth-order valence-electron chi connectivity index (χ4n) is 1.26. The van der Waals surface area contributed by atoms with E-state index in [1.54, 1.807) is 0 Å². The van der Waals surface area contributed by atoms with Crippen LogP contribution >= 0.6 is 0 Å². The minimum Gasteiger partial charge on any atom is -0.490 e. The Bertz CT molecular complexity index is 393. The van der Waals surface area contributed by atoms with E-state index in [1.165, 1.54) is 10.8 Å². The summed E-state index contributed by atoms with van der Waals surface area (Å²) in [6, 6.07) is 14.1. The van der Waals surface area contributed by atoms with Crippen molar-refractivity contribution < 1.29 is 4.74 Å². The maximum absolute atomic E-state index is 4.87. The van der Waals surface area contributed by atoms with E-state index in [1.807, 2.05) is 30.3 Å². The molecule has 2 rings (SSSR count). The van der Waals surface area contributed by atoms with Gasteiger partial charge in [0.25, 0.3) is 0 Å². The second-order valence-corrected chi connectivity index (χ2v) is 2.65. The van der Waals surface area contributed by atoms with Crippen molar-refractivity contribution >= 4 is 10.8 Å². The maximum Gasteiger partial charge on any atom is 0.122 e. The topological polar surface area (TPSA) is 9.23 Å². The van der Waals surface area contributed by atoms with E-state index < -0.39 is 0 Å². The summed E-state index contributed by atoms with van der Waals surface area (Å²) in [6.07, 6.45) is 0. The predicted molar refractivity (Wildman–Crippen MR) is 49.9 cm³/mol. The Morgan fingerprint density at radius 2 is 1.67 bits per heavy atom. The molecule has 12 heavy (non-hydrogen) atoms. The molecule has 0 N–H and O–H groups in total. The Labute approximate surface area is 71.6 Å². The van der Waals surface area contributed by atoms with E-state index in [0.717, 1.165) is 5.75 Å². The molecule has 0 aliphatic heterocycles. The highest BCUT2D eigenvalue weighted by atomic mass is 16.5. The third-order valence-electron chi connectivity index (χ3n) is 1.89. The average Bonchev–Trinajstić information content (AvgIpc) is 2.17. The highest BCUT2D eigenvalue weighted by Crippen LogP contribution is 2.19. The molecular weight excluding hydrogens is 148 g/mol. The zero-order valence-electron chi connectivity index (χ0n) is 6.66. The first kappa shape index (κ1) is 7.17. The molecule has 0 heterocycles. The first-order chi connectivity index (χ1) is 5.90. The van der Waals surface area contributed by atoms with Crippen molar-refractivity contribution in [2.45, 2.75) is 0 Å². The molecule has 0 bridgehead atoms. The molecule has 0 aromatic heterocycles. The van der Waals surface area contributed by atoms with Gasteiger partial charge in [-0.25, -0.2) is 0 Å². The molecule has 1 nitrogen and oxygen atoms in total. The van der Waals surface area contributed by atoms with Crippen molar-refractivity contribution in [1.82, 2.24) is 0 Å². The lowest BCUT2D eigenvalue weighted by Crippen LogP contribution is -1.78. The Morgan fingerprint density at radius 3 is 2.42 bits per heavy atom. The van der Waals surface area contributed by atoms with Crippen molar-refractivity contribution in [3.05, 3.63) is 49.6 Å². The van der Waals surface area contributed by atoms with Gasteiger partial charge in [0.15, 0.2) is 0 Å². The van der Waals surface area contributed by atoms with Gasteiger partial charge in [-0.05, 0) is 22.9 Å². The molecule has 0 amide bonds. The van der Waals surface area contributed by atoms with Crippen LogP contribution in [0.3, 0.4) is 0 Å². The number of rotatable bonds is 1. The number of fused-ring (bicyclic) bond motifs is 1. The SMILES string of the molecule is [CH2]Oc1ccc2ccccc2c1. The van der Waals surface area contributed by atoms with Crippen LogP contribution in [-0.2, 0) is 0 Å². The van der Waals surface area contributed by atoms with Gasteiger partial charge in [0.1, 0.15) is 12.9 Å². The largest absolute Gasteiger partial charge is 0.490 e. The Kier molecular flexibility index (Phi) is 1.71. The van der Waals surface area contributed by atoms with E-state index in [9.17, 15) is 0 Å². The van der Waals surface area contributed by atoms with Gasteiger partial charge in [0, 0.05) is 0 Å². The normalized spacial score (nSPS) is 10.1. The zero-order chi connectivity index (χ0) is 8.39. The van der Waals surface area contributed by atoms with Crippen LogP contribution in [0.1, 0.15) is 0 Å². The second kappa shape index (κ2) is 2.86. The lowest BCUT2D eigenvalue weighted by atomic mass is 10.1. The fraction of sp³-hybridized carbons (Fsp3) is 0. The van der Waals surface area contributed by atoms with Gasteiger partial charge in [-0.1, -0.05) is 30.3 Å². The molecule has 0 saturated heterocycles. The molecule has 1 heteroatoms. The number of hydrogen-bond donors (Lipinski definition) is 0. The first-order valence-electron chi connectivity index (χ1n) is 3.81. The molecule has 2 aromatic carbocycles. The minimum absolute atomic E-state index is 0.800. The van der Waals surface area contributed by atoms with Gasteiger partial charge < -0.3 is 4.74 Å². The summed E-state index contributed by atoms with van der Waals surface area (Å²) >= 11 is 0. The van der Waals surface area contributed by atoms with Crippen molar-refractivity contribution in [3.63, 3.8) is 0 Å². The summed E-state index contributed by atoms with van der Waals surface area (Å²) in [5.74, 6) is 0.800. The monoisotopic (exact) mass is 157 g/mol. The van der Waals surface area contributed by atoms with Crippen LogP contribution in [0.15, 0.2) is 42.5 Å². The molecule has 0 saturated carbocycles.